The van der Waals surface area contributed by atoms with Crippen molar-refractivity contribution in [3.8, 4) is 0 Å². The molecule has 0 spiro atoms. The summed E-state index contributed by atoms with van der Waals surface area (Å²) < 4.78 is 19.2. The minimum atomic E-state index is -0.250. The first-order chi connectivity index (χ1) is 16.1. The number of hydrogen-bond acceptors (Lipinski definition) is 5. The molecular formula is C25H32FN3O4. The number of rotatable bonds is 6. The molecule has 2 fully saturated rings. The van der Waals surface area contributed by atoms with Crippen molar-refractivity contribution in [1.29, 1.82) is 0 Å². The standard InChI is InChI=1S/C24H30FN3O2.CH2O2/c25-22-9-7-21(8-10-22)16-28-13-12-27(19-24(28)29)18-23-17-26(11-4-14-30-23)15-20-5-2-1-3-6-20;2-1-3/h1-3,5-10,23H,4,11-19H2;1H,(H,2,3). The molecule has 178 valence electrons. The lowest BCUT2D eigenvalue weighted by Gasteiger charge is -2.36. The zero-order chi connectivity index (χ0) is 23.5. The van der Waals surface area contributed by atoms with E-state index in [1.165, 1.54) is 17.7 Å². The summed E-state index contributed by atoms with van der Waals surface area (Å²) in [6, 6.07) is 16.9. The van der Waals surface area contributed by atoms with Crippen LogP contribution in [0.25, 0.3) is 0 Å². The number of carbonyl (C=O) groups excluding carboxylic acids is 1. The van der Waals surface area contributed by atoms with Crippen LogP contribution in [0, 0.1) is 5.82 Å². The van der Waals surface area contributed by atoms with Gasteiger partial charge >= 0.3 is 0 Å². The summed E-state index contributed by atoms with van der Waals surface area (Å²) in [6.07, 6.45) is 1.15. The van der Waals surface area contributed by atoms with Gasteiger partial charge in [0.1, 0.15) is 5.82 Å². The minimum absolute atomic E-state index is 0.118. The van der Waals surface area contributed by atoms with Crippen LogP contribution in [0.3, 0.4) is 0 Å². The molecule has 1 N–H and O–H groups in total. The maximum atomic E-state index is 13.1. The van der Waals surface area contributed by atoms with Gasteiger partial charge in [0.2, 0.25) is 5.91 Å². The molecule has 0 aliphatic carbocycles. The van der Waals surface area contributed by atoms with E-state index in [1.807, 2.05) is 11.0 Å². The number of benzene rings is 2. The Bertz CT molecular complexity index is 866. The number of carbonyl (C=O) groups is 2. The van der Waals surface area contributed by atoms with E-state index in [0.29, 0.717) is 19.6 Å². The van der Waals surface area contributed by atoms with E-state index in [9.17, 15) is 9.18 Å². The second-order valence-electron chi connectivity index (χ2n) is 8.35. The first kappa shape index (κ1) is 24.8. The molecule has 2 saturated heterocycles. The smallest absolute Gasteiger partial charge is 0.290 e. The van der Waals surface area contributed by atoms with Crippen molar-refractivity contribution >= 4 is 12.4 Å². The Balaban J connectivity index is 0.000000968. The summed E-state index contributed by atoms with van der Waals surface area (Å²) >= 11 is 0. The molecule has 1 amide bonds. The highest BCUT2D eigenvalue weighted by molar-refractivity contribution is 5.79. The van der Waals surface area contributed by atoms with Crippen LogP contribution in [0.4, 0.5) is 4.39 Å². The Labute approximate surface area is 194 Å². The van der Waals surface area contributed by atoms with E-state index in [2.05, 4.69) is 34.1 Å². The first-order valence-corrected chi connectivity index (χ1v) is 11.3. The fraction of sp³-hybridized carbons (Fsp3) is 0.440. The predicted molar refractivity (Wildman–Crippen MR) is 123 cm³/mol. The number of ether oxygens (including phenoxy) is 1. The number of hydrogen-bond donors (Lipinski definition) is 1. The van der Waals surface area contributed by atoms with Crippen LogP contribution in [0.5, 0.6) is 0 Å². The van der Waals surface area contributed by atoms with E-state index >= 15 is 0 Å². The normalized spacial score (nSPS) is 20.0. The quantitative estimate of drug-likeness (QED) is 0.672. The van der Waals surface area contributed by atoms with Crippen LogP contribution in [-0.4, -0.2) is 84.2 Å². The van der Waals surface area contributed by atoms with Gasteiger partial charge in [0.15, 0.2) is 0 Å². The van der Waals surface area contributed by atoms with Crippen molar-refractivity contribution in [1.82, 2.24) is 14.7 Å². The Kier molecular flexibility index (Phi) is 9.80. The van der Waals surface area contributed by atoms with Crippen molar-refractivity contribution in [3.05, 3.63) is 71.5 Å². The molecule has 0 radical (unpaired) electrons. The molecular weight excluding hydrogens is 425 g/mol. The molecule has 2 aromatic rings. The highest BCUT2D eigenvalue weighted by atomic mass is 19.1. The zero-order valence-electron chi connectivity index (χ0n) is 18.8. The maximum Gasteiger partial charge on any atom is 0.290 e. The van der Waals surface area contributed by atoms with Gasteiger partial charge in [-0.2, -0.15) is 0 Å². The van der Waals surface area contributed by atoms with Crippen LogP contribution in [0.2, 0.25) is 0 Å². The molecule has 0 saturated carbocycles. The average molecular weight is 458 g/mol. The molecule has 2 heterocycles. The van der Waals surface area contributed by atoms with E-state index in [-0.39, 0.29) is 24.3 Å². The number of carboxylic acid groups (broad SMARTS) is 1. The third-order valence-electron chi connectivity index (χ3n) is 5.83. The lowest BCUT2D eigenvalue weighted by Crippen LogP contribution is -2.52. The third kappa shape index (κ3) is 8.24. The Morgan fingerprint density at radius 1 is 0.970 bits per heavy atom. The van der Waals surface area contributed by atoms with Gasteiger partial charge in [-0.05, 0) is 29.7 Å². The van der Waals surface area contributed by atoms with Crippen LogP contribution in [-0.2, 0) is 27.4 Å². The zero-order valence-corrected chi connectivity index (χ0v) is 18.8. The predicted octanol–water partition coefficient (Wildman–Crippen LogP) is 2.46. The molecule has 33 heavy (non-hydrogen) atoms. The van der Waals surface area contributed by atoms with Gasteiger partial charge in [0.05, 0.1) is 12.6 Å². The molecule has 1 unspecified atom stereocenters. The summed E-state index contributed by atoms with van der Waals surface area (Å²) in [5.74, 6) is -0.125. The number of piperazine rings is 1. The van der Waals surface area contributed by atoms with Crippen LogP contribution >= 0.6 is 0 Å². The minimum Gasteiger partial charge on any atom is -0.483 e. The molecule has 8 heteroatoms. The van der Waals surface area contributed by atoms with Gasteiger partial charge < -0.3 is 14.7 Å². The second-order valence-corrected chi connectivity index (χ2v) is 8.35. The molecule has 2 aliphatic heterocycles. The Morgan fingerprint density at radius 2 is 1.67 bits per heavy atom. The van der Waals surface area contributed by atoms with E-state index in [4.69, 9.17) is 14.6 Å². The van der Waals surface area contributed by atoms with Crippen molar-refractivity contribution in [2.75, 3.05) is 45.9 Å². The average Bonchev–Trinajstić information content (AvgIpc) is 3.03. The van der Waals surface area contributed by atoms with Gasteiger partial charge in [-0.15, -0.1) is 0 Å². The van der Waals surface area contributed by atoms with Gasteiger partial charge in [-0.3, -0.25) is 19.4 Å². The largest absolute Gasteiger partial charge is 0.483 e. The van der Waals surface area contributed by atoms with E-state index in [0.717, 1.165) is 51.3 Å². The monoisotopic (exact) mass is 457 g/mol. The molecule has 0 bridgehead atoms. The number of nitrogens with zero attached hydrogens (tertiary/aromatic N) is 3. The van der Waals surface area contributed by atoms with Gasteiger partial charge in [-0.25, -0.2) is 4.39 Å². The fourth-order valence-corrected chi connectivity index (χ4v) is 4.24. The topological polar surface area (TPSA) is 73.3 Å². The summed E-state index contributed by atoms with van der Waals surface area (Å²) in [5.41, 5.74) is 2.28. The van der Waals surface area contributed by atoms with Gasteiger partial charge in [-0.1, -0.05) is 42.5 Å². The summed E-state index contributed by atoms with van der Waals surface area (Å²) in [4.78, 5) is 27.5. The van der Waals surface area contributed by atoms with Crippen LogP contribution in [0.15, 0.2) is 54.6 Å². The van der Waals surface area contributed by atoms with Crippen LogP contribution < -0.4 is 0 Å². The Hall–Kier alpha value is -2.81. The number of halogens is 1. The van der Waals surface area contributed by atoms with Gasteiger partial charge in [0.25, 0.3) is 6.47 Å². The van der Waals surface area contributed by atoms with Crippen molar-refractivity contribution in [2.24, 2.45) is 0 Å². The van der Waals surface area contributed by atoms with Crippen LogP contribution in [0.1, 0.15) is 17.5 Å². The maximum absolute atomic E-state index is 13.1. The van der Waals surface area contributed by atoms with Crippen molar-refractivity contribution < 1.29 is 23.8 Å². The van der Waals surface area contributed by atoms with Crippen molar-refractivity contribution in [3.63, 3.8) is 0 Å². The lowest BCUT2D eigenvalue weighted by atomic mass is 10.1. The van der Waals surface area contributed by atoms with Gasteiger partial charge in [0, 0.05) is 52.4 Å². The summed E-state index contributed by atoms with van der Waals surface area (Å²) in [6.45, 7) is 6.65. The fourth-order valence-electron chi connectivity index (χ4n) is 4.24. The SMILES string of the molecule is O=C1CN(CC2CN(Cc3ccccc3)CCCO2)CCN1Cc1ccc(F)cc1.O=CO. The van der Waals surface area contributed by atoms with E-state index < -0.39 is 0 Å². The molecule has 1 atom stereocenters. The summed E-state index contributed by atoms with van der Waals surface area (Å²) in [7, 11) is 0. The second kappa shape index (κ2) is 13.0. The third-order valence-corrected chi connectivity index (χ3v) is 5.83. The number of amides is 1. The molecule has 4 rings (SSSR count). The molecule has 2 aliphatic rings. The summed E-state index contributed by atoms with van der Waals surface area (Å²) in [5, 5.41) is 6.89. The molecule has 7 nitrogen and oxygen atoms in total. The Morgan fingerprint density at radius 3 is 2.36 bits per heavy atom. The first-order valence-electron chi connectivity index (χ1n) is 11.3. The molecule has 0 aromatic heterocycles. The molecule has 2 aromatic carbocycles. The highest BCUT2D eigenvalue weighted by Gasteiger charge is 2.27. The van der Waals surface area contributed by atoms with Crippen molar-refractivity contribution in [2.45, 2.75) is 25.6 Å². The lowest BCUT2D eigenvalue weighted by molar-refractivity contribution is -0.137. The highest BCUT2D eigenvalue weighted by Crippen LogP contribution is 2.15. The van der Waals surface area contributed by atoms with E-state index in [1.54, 1.807) is 12.1 Å².